The molecule has 0 bridgehead atoms. The smallest absolute Gasteiger partial charge is 0.224 e. The number of carbonyl (C=O) groups excluding carboxylic acids is 1. The number of rotatable bonds is 8. The summed E-state index contributed by atoms with van der Waals surface area (Å²) in [4.78, 5) is 19.3. The Bertz CT molecular complexity index is 771. The minimum absolute atomic E-state index is 0.0660. The summed E-state index contributed by atoms with van der Waals surface area (Å²) in [5.41, 5.74) is 2.09. The number of aromatic nitrogens is 1. The molecule has 1 N–H and O–H groups in total. The predicted molar refractivity (Wildman–Crippen MR) is 116 cm³/mol. The van der Waals surface area contributed by atoms with Crippen LogP contribution < -0.4 is 10.1 Å². The first-order chi connectivity index (χ1) is 14.1. The van der Waals surface area contributed by atoms with Crippen LogP contribution >= 0.6 is 0 Å². The monoisotopic (exact) mass is 395 g/mol. The van der Waals surface area contributed by atoms with E-state index in [1.807, 2.05) is 36.5 Å². The lowest BCUT2D eigenvalue weighted by atomic mass is 9.77. The quantitative estimate of drug-likeness (QED) is 0.737. The van der Waals surface area contributed by atoms with Gasteiger partial charge in [-0.25, -0.2) is 0 Å². The number of amides is 1. The number of benzene rings is 1. The van der Waals surface area contributed by atoms with Crippen LogP contribution in [0, 0.1) is 11.8 Å². The molecule has 0 unspecified atom stereocenters. The largest absolute Gasteiger partial charge is 0.496 e. The minimum Gasteiger partial charge on any atom is -0.496 e. The van der Waals surface area contributed by atoms with Crippen LogP contribution in [0.1, 0.15) is 43.0 Å². The Morgan fingerprint density at radius 2 is 1.86 bits per heavy atom. The van der Waals surface area contributed by atoms with Gasteiger partial charge in [-0.1, -0.05) is 24.3 Å². The Balaban J connectivity index is 1.47. The molecule has 156 valence electrons. The molecule has 5 nitrogen and oxygen atoms in total. The third-order valence-corrected chi connectivity index (χ3v) is 6.02. The molecule has 1 atom stereocenters. The van der Waals surface area contributed by atoms with Crippen molar-refractivity contribution in [3.8, 4) is 5.75 Å². The molecule has 1 amide bonds. The Morgan fingerprint density at radius 1 is 1.14 bits per heavy atom. The van der Waals surface area contributed by atoms with Crippen molar-refractivity contribution in [3.63, 3.8) is 0 Å². The molecule has 0 radical (unpaired) electrons. The summed E-state index contributed by atoms with van der Waals surface area (Å²) in [5, 5.41) is 3.13. The molecule has 1 aromatic heterocycles. The first-order valence-corrected chi connectivity index (χ1v) is 10.5. The molecule has 3 rings (SSSR count). The van der Waals surface area contributed by atoms with Crippen LogP contribution in [-0.2, 0) is 11.2 Å². The average Bonchev–Trinajstić information content (AvgIpc) is 2.74. The number of hydrogen-bond donors (Lipinski definition) is 1. The van der Waals surface area contributed by atoms with Gasteiger partial charge in [-0.3, -0.25) is 9.78 Å². The fraction of sp³-hybridized carbons (Fsp3) is 0.500. The Hall–Kier alpha value is -2.40. The molecule has 2 aromatic rings. The summed E-state index contributed by atoms with van der Waals surface area (Å²) in [6.45, 7) is 0.761. The molecular formula is C24H33N3O2. The van der Waals surface area contributed by atoms with Crippen LogP contribution in [0.2, 0.25) is 0 Å². The Morgan fingerprint density at radius 3 is 2.52 bits per heavy atom. The summed E-state index contributed by atoms with van der Waals surface area (Å²) in [6, 6.07) is 14.2. The van der Waals surface area contributed by atoms with Gasteiger partial charge in [0.1, 0.15) is 5.75 Å². The number of carbonyl (C=O) groups is 1. The number of nitrogens with zero attached hydrogens (tertiary/aromatic N) is 2. The van der Waals surface area contributed by atoms with Gasteiger partial charge in [0.2, 0.25) is 5.91 Å². The van der Waals surface area contributed by atoms with Gasteiger partial charge in [0.25, 0.3) is 0 Å². The van der Waals surface area contributed by atoms with Gasteiger partial charge >= 0.3 is 0 Å². The van der Waals surface area contributed by atoms with Crippen molar-refractivity contribution in [2.75, 3.05) is 27.7 Å². The second-order valence-electron chi connectivity index (χ2n) is 8.24. The third kappa shape index (κ3) is 5.80. The molecule has 1 aliphatic carbocycles. The van der Waals surface area contributed by atoms with Crippen LogP contribution in [-0.4, -0.2) is 43.5 Å². The zero-order chi connectivity index (χ0) is 20.6. The summed E-state index contributed by atoms with van der Waals surface area (Å²) < 4.78 is 5.34. The van der Waals surface area contributed by atoms with E-state index in [4.69, 9.17) is 4.74 Å². The van der Waals surface area contributed by atoms with E-state index in [-0.39, 0.29) is 5.91 Å². The molecule has 1 aromatic carbocycles. The highest BCUT2D eigenvalue weighted by molar-refractivity contribution is 5.79. The lowest BCUT2D eigenvalue weighted by Gasteiger charge is -2.37. The van der Waals surface area contributed by atoms with Gasteiger partial charge in [-0.15, -0.1) is 0 Å². The summed E-state index contributed by atoms with van der Waals surface area (Å²) >= 11 is 0. The highest BCUT2D eigenvalue weighted by Gasteiger charge is 2.30. The van der Waals surface area contributed by atoms with Gasteiger partial charge in [0.05, 0.1) is 25.3 Å². The molecular weight excluding hydrogens is 362 g/mol. The van der Waals surface area contributed by atoms with Crippen LogP contribution in [0.15, 0.2) is 48.7 Å². The highest BCUT2D eigenvalue weighted by Crippen LogP contribution is 2.38. The zero-order valence-corrected chi connectivity index (χ0v) is 17.8. The van der Waals surface area contributed by atoms with Gasteiger partial charge in [0.15, 0.2) is 0 Å². The van der Waals surface area contributed by atoms with Crippen molar-refractivity contribution in [2.45, 2.75) is 38.1 Å². The molecule has 5 heteroatoms. The first-order valence-electron chi connectivity index (χ1n) is 10.5. The van der Waals surface area contributed by atoms with Gasteiger partial charge < -0.3 is 15.0 Å². The molecule has 1 fully saturated rings. The van der Waals surface area contributed by atoms with E-state index >= 15 is 0 Å². The predicted octanol–water partition coefficient (Wildman–Crippen LogP) is 3.86. The highest BCUT2D eigenvalue weighted by atomic mass is 16.5. The van der Waals surface area contributed by atoms with E-state index in [1.165, 1.54) is 12.8 Å². The second kappa shape index (κ2) is 10.4. The van der Waals surface area contributed by atoms with Crippen molar-refractivity contribution in [1.82, 2.24) is 15.2 Å². The van der Waals surface area contributed by atoms with E-state index in [2.05, 4.69) is 41.4 Å². The number of para-hydroxylation sites is 1. The number of ether oxygens (including phenoxy) is 1. The normalized spacial score (nSPS) is 20.3. The van der Waals surface area contributed by atoms with Crippen molar-refractivity contribution < 1.29 is 9.53 Å². The summed E-state index contributed by atoms with van der Waals surface area (Å²) in [7, 11) is 5.92. The maximum atomic E-state index is 12.4. The van der Waals surface area contributed by atoms with Crippen LogP contribution in [0.4, 0.5) is 0 Å². The van der Waals surface area contributed by atoms with Crippen LogP contribution in [0.5, 0.6) is 5.75 Å². The maximum absolute atomic E-state index is 12.4. The fourth-order valence-corrected chi connectivity index (χ4v) is 4.53. The summed E-state index contributed by atoms with van der Waals surface area (Å²) in [6.07, 6.45) is 6.89. The molecule has 0 aliphatic heterocycles. The third-order valence-electron chi connectivity index (χ3n) is 6.02. The Kier molecular flexibility index (Phi) is 7.64. The van der Waals surface area contributed by atoms with Crippen LogP contribution in [0.3, 0.4) is 0 Å². The van der Waals surface area contributed by atoms with E-state index in [1.54, 1.807) is 7.11 Å². The maximum Gasteiger partial charge on any atom is 0.224 e. The van der Waals surface area contributed by atoms with Crippen molar-refractivity contribution in [3.05, 3.63) is 59.9 Å². The fourth-order valence-electron chi connectivity index (χ4n) is 4.53. The minimum atomic E-state index is 0.0660. The second-order valence-corrected chi connectivity index (χ2v) is 8.24. The number of hydrogen-bond acceptors (Lipinski definition) is 4. The van der Waals surface area contributed by atoms with E-state index < -0.39 is 0 Å². The van der Waals surface area contributed by atoms with Crippen LogP contribution in [0.25, 0.3) is 0 Å². The molecule has 0 saturated heterocycles. The molecule has 1 heterocycles. The molecule has 1 saturated carbocycles. The lowest BCUT2D eigenvalue weighted by molar-refractivity contribution is -0.120. The number of nitrogens with one attached hydrogen (secondary N) is 1. The average molecular weight is 396 g/mol. The van der Waals surface area contributed by atoms with Gasteiger partial charge in [-0.2, -0.15) is 0 Å². The molecule has 29 heavy (non-hydrogen) atoms. The SMILES string of the molecule is COc1ccccc1CC(=O)NCC1CCC([C@H](c2ccccn2)N(C)C)CC1. The topological polar surface area (TPSA) is 54.5 Å². The number of pyridine rings is 1. The summed E-state index contributed by atoms with van der Waals surface area (Å²) in [5.74, 6) is 2.00. The lowest BCUT2D eigenvalue weighted by Crippen LogP contribution is -2.35. The first kappa shape index (κ1) is 21.3. The van der Waals surface area contributed by atoms with E-state index in [0.717, 1.165) is 36.4 Å². The van der Waals surface area contributed by atoms with E-state index in [9.17, 15) is 4.79 Å². The molecule has 1 aliphatic rings. The van der Waals surface area contributed by atoms with Crippen molar-refractivity contribution >= 4 is 5.91 Å². The van der Waals surface area contributed by atoms with Crippen molar-refractivity contribution in [1.29, 1.82) is 0 Å². The zero-order valence-electron chi connectivity index (χ0n) is 17.8. The van der Waals surface area contributed by atoms with Gasteiger partial charge in [-0.05, 0) is 69.8 Å². The molecule has 0 spiro atoms. The standard InChI is InChI=1S/C24H33N3O2/c1-27(2)24(21-9-6-7-15-25-21)19-13-11-18(12-14-19)17-26-23(28)16-20-8-4-5-10-22(20)29-3/h4-10,15,18-19,24H,11-14,16-17H2,1-3H3,(H,26,28)/t18?,19?,24-/m1/s1. The number of methoxy groups -OCH3 is 1. The van der Waals surface area contributed by atoms with E-state index in [0.29, 0.717) is 24.3 Å². The Labute approximate surface area is 174 Å². The van der Waals surface area contributed by atoms with Gasteiger partial charge in [0, 0.05) is 18.3 Å². The van der Waals surface area contributed by atoms with Crippen molar-refractivity contribution in [2.24, 2.45) is 11.8 Å².